The van der Waals surface area contributed by atoms with Crippen LogP contribution in [0.3, 0.4) is 0 Å². The number of aryl methyl sites for hydroxylation is 1. The lowest BCUT2D eigenvalue weighted by atomic mass is 10.2. The van der Waals surface area contributed by atoms with Gasteiger partial charge in [0.1, 0.15) is 17.5 Å². The zero-order valence-electron chi connectivity index (χ0n) is 21.3. The molecule has 3 rings (SSSR count). The van der Waals surface area contributed by atoms with Gasteiger partial charge in [0.25, 0.3) is 15.9 Å². The van der Waals surface area contributed by atoms with Gasteiger partial charge in [0.2, 0.25) is 5.91 Å². The monoisotopic (exact) mass is 523 g/mol. The number of rotatable bonds is 8. The molecule has 1 aliphatic rings. The summed E-state index contributed by atoms with van der Waals surface area (Å²) in [5.74, 6) is 0.00293. The Morgan fingerprint density at radius 2 is 1.97 bits per heavy atom. The van der Waals surface area contributed by atoms with E-state index in [2.05, 4.69) is 15.7 Å². The number of anilines is 2. The van der Waals surface area contributed by atoms with Gasteiger partial charge in [-0.15, -0.1) is 5.10 Å². The van der Waals surface area contributed by atoms with E-state index in [-0.39, 0.29) is 47.8 Å². The second kappa shape index (κ2) is 10.6. The zero-order chi connectivity index (χ0) is 26.7. The highest BCUT2D eigenvalue weighted by molar-refractivity contribution is 7.93. The standard InChI is InChI=1S/C23H33N5O7S/c1-7-27-14-20(21(26-27)33-8-2)36(31,32)28-13-17(12-24-15(3)29)34-19-10-9-16(11-18(19)28)25-22(30)35-23(4,5)6/h9-11,14,17H,7-8,12-13H2,1-6H3,(H,24,29)(H,25,30)/t17-/m0/s1. The van der Waals surface area contributed by atoms with Crippen LogP contribution in [0.15, 0.2) is 29.3 Å². The molecule has 0 bridgehead atoms. The fourth-order valence-corrected chi connectivity index (χ4v) is 5.06. The summed E-state index contributed by atoms with van der Waals surface area (Å²) in [5, 5.41) is 9.51. The van der Waals surface area contributed by atoms with Gasteiger partial charge in [0.05, 0.1) is 25.4 Å². The average Bonchev–Trinajstić information content (AvgIpc) is 3.20. The molecule has 2 aromatic rings. The van der Waals surface area contributed by atoms with Gasteiger partial charge in [-0.05, 0) is 52.8 Å². The van der Waals surface area contributed by atoms with Crippen LogP contribution in [0.25, 0.3) is 0 Å². The van der Waals surface area contributed by atoms with Crippen LogP contribution in [0.5, 0.6) is 11.6 Å². The maximum Gasteiger partial charge on any atom is 0.412 e. The topological polar surface area (TPSA) is 141 Å². The third-order valence-electron chi connectivity index (χ3n) is 4.98. The van der Waals surface area contributed by atoms with Gasteiger partial charge in [-0.3, -0.25) is 19.1 Å². The molecule has 1 aromatic heterocycles. The van der Waals surface area contributed by atoms with Crippen LogP contribution < -0.4 is 24.4 Å². The Morgan fingerprint density at radius 3 is 2.58 bits per heavy atom. The Kier molecular flexibility index (Phi) is 8.02. The second-order valence-electron chi connectivity index (χ2n) is 9.11. The van der Waals surface area contributed by atoms with Crippen LogP contribution in [0, 0.1) is 0 Å². The van der Waals surface area contributed by atoms with Gasteiger partial charge in [-0.2, -0.15) is 0 Å². The smallest absolute Gasteiger partial charge is 0.412 e. The molecule has 1 aromatic carbocycles. The SMILES string of the molecule is CCOc1nn(CC)cc1S(=O)(=O)N1C[C@H](CNC(C)=O)Oc2ccc(NC(=O)OC(C)(C)C)cc21. The molecular formula is C23H33N5O7S. The van der Waals surface area contributed by atoms with Crippen molar-refractivity contribution in [1.82, 2.24) is 15.1 Å². The summed E-state index contributed by atoms with van der Waals surface area (Å²) in [6, 6.07) is 4.63. The summed E-state index contributed by atoms with van der Waals surface area (Å²) in [5.41, 5.74) is -0.168. The quantitative estimate of drug-likeness (QED) is 0.538. The van der Waals surface area contributed by atoms with Crippen LogP contribution in [-0.4, -0.2) is 61.6 Å². The van der Waals surface area contributed by atoms with Crippen molar-refractivity contribution >= 4 is 33.4 Å². The van der Waals surface area contributed by atoms with Gasteiger partial charge >= 0.3 is 6.09 Å². The molecule has 2 N–H and O–H groups in total. The molecule has 0 unspecified atom stereocenters. The first-order chi connectivity index (χ1) is 16.8. The molecule has 2 amide bonds. The minimum Gasteiger partial charge on any atom is -0.484 e. The Balaban J connectivity index is 2.03. The second-order valence-corrected chi connectivity index (χ2v) is 10.9. The predicted octanol–water partition coefficient (Wildman–Crippen LogP) is 2.74. The van der Waals surface area contributed by atoms with Crippen molar-refractivity contribution in [1.29, 1.82) is 0 Å². The number of hydrogen-bond acceptors (Lipinski definition) is 8. The fourth-order valence-electron chi connectivity index (χ4n) is 3.48. The van der Waals surface area contributed by atoms with Crippen LogP contribution in [-0.2, 0) is 26.1 Å². The summed E-state index contributed by atoms with van der Waals surface area (Å²) >= 11 is 0. The summed E-state index contributed by atoms with van der Waals surface area (Å²) in [6.45, 7) is 10.9. The van der Waals surface area contributed by atoms with Crippen molar-refractivity contribution in [2.75, 3.05) is 29.3 Å². The Morgan fingerprint density at radius 1 is 1.25 bits per heavy atom. The average molecular weight is 524 g/mol. The van der Waals surface area contributed by atoms with E-state index in [1.165, 1.54) is 28.2 Å². The van der Waals surface area contributed by atoms with Crippen molar-refractivity contribution in [2.24, 2.45) is 0 Å². The largest absolute Gasteiger partial charge is 0.484 e. The van der Waals surface area contributed by atoms with Crippen LogP contribution in [0.4, 0.5) is 16.2 Å². The van der Waals surface area contributed by atoms with E-state index in [1.54, 1.807) is 39.8 Å². The first-order valence-corrected chi connectivity index (χ1v) is 13.1. The summed E-state index contributed by atoms with van der Waals surface area (Å²) in [4.78, 5) is 23.6. The van der Waals surface area contributed by atoms with Crippen molar-refractivity contribution in [2.45, 2.75) is 64.7 Å². The van der Waals surface area contributed by atoms with Crippen LogP contribution in [0.2, 0.25) is 0 Å². The molecule has 0 radical (unpaired) electrons. The highest BCUT2D eigenvalue weighted by atomic mass is 32.2. The van der Waals surface area contributed by atoms with Gasteiger partial charge in [-0.1, -0.05) is 0 Å². The number of nitrogens with one attached hydrogen (secondary N) is 2. The van der Waals surface area contributed by atoms with Crippen molar-refractivity contribution in [3.05, 3.63) is 24.4 Å². The lowest BCUT2D eigenvalue weighted by Crippen LogP contribution is -2.48. The van der Waals surface area contributed by atoms with Gasteiger partial charge < -0.3 is 19.5 Å². The number of aromatic nitrogens is 2. The normalized spacial score (nSPS) is 15.5. The molecule has 36 heavy (non-hydrogen) atoms. The number of amides is 2. The molecule has 0 saturated carbocycles. The number of carbonyl (C=O) groups excluding carboxylic acids is 2. The van der Waals surface area contributed by atoms with Crippen molar-refractivity contribution < 1.29 is 32.2 Å². The lowest BCUT2D eigenvalue weighted by molar-refractivity contribution is -0.119. The predicted molar refractivity (Wildman–Crippen MR) is 133 cm³/mol. The summed E-state index contributed by atoms with van der Waals surface area (Å²) in [7, 11) is -4.17. The first-order valence-electron chi connectivity index (χ1n) is 11.6. The third-order valence-corrected chi connectivity index (χ3v) is 6.75. The van der Waals surface area contributed by atoms with Crippen LogP contribution in [0.1, 0.15) is 41.5 Å². The first kappa shape index (κ1) is 27.1. The minimum atomic E-state index is -4.17. The maximum atomic E-state index is 13.9. The lowest BCUT2D eigenvalue weighted by Gasteiger charge is -2.35. The van der Waals surface area contributed by atoms with E-state index in [4.69, 9.17) is 14.2 Å². The highest BCUT2D eigenvalue weighted by Gasteiger charge is 2.38. The molecule has 0 aliphatic carbocycles. The van der Waals surface area contributed by atoms with Crippen LogP contribution >= 0.6 is 0 Å². The third kappa shape index (κ3) is 6.39. The maximum absolute atomic E-state index is 13.9. The number of sulfonamides is 1. The molecule has 12 nitrogen and oxygen atoms in total. The van der Waals surface area contributed by atoms with Crippen molar-refractivity contribution in [3.63, 3.8) is 0 Å². The fraction of sp³-hybridized carbons (Fsp3) is 0.522. The molecule has 1 atom stereocenters. The van der Waals surface area contributed by atoms with Gasteiger partial charge in [0, 0.05) is 25.4 Å². The van der Waals surface area contributed by atoms with E-state index in [0.29, 0.717) is 12.2 Å². The molecular weight excluding hydrogens is 490 g/mol. The minimum absolute atomic E-state index is 0.00571. The Hall–Kier alpha value is -3.48. The number of nitrogens with zero attached hydrogens (tertiary/aromatic N) is 3. The summed E-state index contributed by atoms with van der Waals surface area (Å²) < 4.78 is 47.3. The van der Waals surface area contributed by atoms with E-state index in [1.807, 2.05) is 6.92 Å². The number of carbonyl (C=O) groups is 2. The Bertz CT molecular complexity index is 1220. The zero-order valence-corrected chi connectivity index (χ0v) is 22.1. The molecule has 1 aliphatic heterocycles. The molecule has 0 fully saturated rings. The van der Waals surface area contributed by atoms with E-state index in [9.17, 15) is 18.0 Å². The van der Waals surface area contributed by atoms with E-state index >= 15 is 0 Å². The number of benzene rings is 1. The highest BCUT2D eigenvalue weighted by Crippen LogP contribution is 2.40. The van der Waals surface area contributed by atoms with Gasteiger partial charge in [-0.25, -0.2) is 13.2 Å². The van der Waals surface area contributed by atoms with E-state index < -0.39 is 27.8 Å². The molecule has 2 heterocycles. The molecule has 0 spiro atoms. The Labute approximate surface area is 210 Å². The van der Waals surface area contributed by atoms with Crippen molar-refractivity contribution in [3.8, 4) is 11.6 Å². The molecule has 198 valence electrons. The van der Waals surface area contributed by atoms with Gasteiger partial charge in [0.15, 0.2) is 4.90 Å². The van der Waals surface area contributed by atoms with E-state index in [0.717, 1.165) is 0 Å². The number of fused-ring (bicyclic) bond motifs is 1. The number of hydrogen-bond donors (Lipinski definition) is 2. The molecule has 13 heteroatoms. The summed E-state index contributed by atoms with van der Waals surface area (Å²) in [6.07, 6.45) is 0.0822. The molecule has 0 saturated heterocycles. The number of ether oxygens (including phenoxy) is 3.